The van der Waals surface area contributed by atoms with Crippen molar-refractivity contribution in [3.05, 3.63) is 64.7 Å². The third-order valence-corrected chi connectivity index (χ3v) is 6.15. The van der Waals surface area contributed by atoms with E-state index in [1.165, 1.54) is 35.1 Å². The van der Waals surface area contributed by atoms with Gasteiger partial charge < -0.3 is 16.2 Å². The molecule has 1 aliphatic carbocycles. The maximum atomic E-state index is 9.72. The van der Waals surface area contributed by atoms with Crippen LogP contribution in [0.25, 0.3) is 0 Å². The average molecular weight is 393 g/mol. The van der Waals surface area contributed by atoms with Crippen molar-refractivity contribution in [3.8, 4) is 0 Å². The highest BCUT2D eigenvalue weighted by molar-refractivity contribution is 5.93. The van der Waals surface area contributed by atoms with Crippen molar-refractivity contribution >= 4 is 11.6 Å². The van der Waals surface area contributed by atoms with Crippen LogP contribution in [0.3, 0.4) is 0 Å². The van der Waals surface area contributed by atoms with Gasteiger partial charge in [-0.25, -0.2) is 4.99 Å². The Morgan fingerprint density at radius 2 is 1.79 bits per heavy atom. The Bertz CT molecular complexity index is 856. The zero-order chi connectivity index (χ0) is 20.1. The molecule has 0 amide bonds. The Morgan fingerprint density at radius 3 is 2.62 bits per heavy atom. The minimum Gasteiger partial charge on any atom is -0.393 e. The van der Waals surface area contributed by atoms with Gasteiger partial charge in [-0.05, 0) is 66.8 Å². The first-order chi connectivity index (χ1) is 14.2. The molecule has 29 heavy (non-hydrogen) atoms. The first-order valence-electron chi connectivity index (χ1n) is 10.8. The Labute approximate surface area is 173 Å². The third kappa shape index (κ3) is 5.17. The molecule has 1 heterocycles. The summed E-state index contributed by atoms with van der Waals surface area (Å²) in [5.41, 5.74) is 12.7. The molecule has 4 rings (SSSR count). The van der Waals surface area contributed by atoms with E-state index in [0.717, 1.165) is 51.0 Å². The number of likely N-dealkylation sites (tertiary alicyclic amines) is 1. The lowest BCUT2D eigenvalue weighted by atomic mass is 9.90. The maximum Gasteiger partial charge on any atom is 0.193 e. The van der Waals surface area contributed by atoms with Gasteiger partial charge in [-0.3, -0.25) is 4.90 Å². The largest absolute Gasteiger partial charge is 0.393 e. The number of hydrogen-bond donors (Lipinski definition) is 3. The molecule has 0 aromatic heterocycles. The number of fused-ring (bicyclic) bond motifs is 1. The van der Waals surface area contributed by atoms with Gasteiger partial charge >= 0.3 is 0 Å². The second-order valence-corrected chi connectivity index (χ2v) is 8.25. The summed E-state index contributed by atoms with van der Waals surface area (Å²) in [7, 11) is 0. The molecule has 5 nitrogen and oxygen atoms in total. The molecule has 5 heteroatoms. The van der Waals surface area contributed by atoms with Crippen LogP contribution in [-0.2, 0) is 25.9 Å². The van der Waals surface area contributed by atoms with Gasteiger partial charge in [-0.1, -0.05) is 36.4 Å². The van der Waals surface area contributed by atoms with E-state index in [2.05, 4.69) is 57.7 Å². The van der Waals surface area contributed by atoms with E-state index < -0.39 is 0 Å². The smallest absolute Gasteiger partial charge is 0.193 e. The molecule has 4 N–H and O–H groups in total. The van der Waals surface area contributed by atoms with Crippen LogP contribution in [0.5, 0.6) is 0 Å². The number of benzene rings is 2. The van der Waals surface area contributed by atoms with Crippen LogP contribution in [-0.4, -0.2) is 35.2 Å². The second kappa shape index (κ2) is 9.42. The zero-order valence-corrected chi connectivity index (χ0v) is 17.1. The number of nitrogens with two attached hydrogens (primary N) is 1. The van der Waals surface area contributed by atoms with Crippen molar-refractivity contribution in [2.45, 2.75) is 57.7 Å². The van der Waals surface area contributed by atoms with Crippen molar-refractivity contribution in [1.82, 2.24) is 4.90 Å². The molecule has 0 spiro atoms. The van der Waals surface area contributed by atoms with Crippen LogP contribution in [0, 0.1) is 0 Å². The fourth-order valence-electron chi connectivity index (χ4n) is 4.43. The lowest BCUT2D eigenvalue weighted by Gasteiger charge is -2.30. The molecule has 1 aliphatic heterocycles. The summed E-state index contributed by atoms with van der Waals surface area (Å²) in [6.07, 6.45) is 6.36. The van der Waals surface area contributed by atoms with Crippen LogP contribution in [0.1, 0.15) is 47.9 Å². The van der Waals surface area contributed by atoms with Crippen molar-refractivity contribution < 1.29 is 5.11 Å². The summed E-state index contributed by atoms with van der Waals surface area (Å²) in [5, 5.41) is 13.1. The standard InChI is InChI=1S/C24H32N4O/c25-24(27-23-11-5-9-18-6-3-4-10-22(18)23)26-16-19-7-1-2-8-20(19)17-28-14-12-21(29)13-15-28/h1-2,5,7-9,11,21,29H,3-4,6,10,12-17H2,(H3,25,26,27). The van der Waals surface area contributed by atoms with E-state index in [4.69, 9.17) is 5.73 Å². The molecule has 0 unspecified atom stereocenters. The van der Waals surface area contributed by atoms with Gasteiger partial charge in [0, 0.05) is 25.3 Å². The predicted molar refractivity (Wildman–Crippen MR) is 119 cm³/mol. The van der Waals surface area contributed by atoms with Gasteiger partial charge in [-0.2, -0.15) is 0 Å². The monoisotopic (exact) mass is 392 g/mol. The van der Waals surface area contributed by atoms with E-state index in [0.29, 0.717) is 12.5 Å². The number of anilines is 1. The van der Waals surface area contributed by atoms with Crippen LogP contribution < -0.4 is 11.1 Å². The quantitative estimate of drug-likeness (QED) is 0.538. The minimum absolute atomic E-state index is 0.138. The summed E-state index contributed by atoms with van der Waals surface area (Å²) >= 11 is 0. The van der Waals surface area contributed by atoms with Crippen LogP contribution >= 0.6 is 0 Å². The van der Waals surface area contributed by atoms with Gasteiger partial charge in [0.2, 0.25) is 0 Å². The number of aliphatic hydroxyl groups excluding tert-OH is 1. The number of piperidine rings is 1. The summed E-state index contributed by atoms with van der Waals surface area (Å²) < 4.78 is 0. The van der Waals surface area contributed by atoms with Crippen molar-refractivity contribution in [1.29, 1.82) is 0 Å². The van der Waals surface area contributed by atoms with Gasteiger partial charge in [0.05, 0.1) is 12.6 Å². The van der Waals surface area contributed by atoms with Gasteiger partial charge in [0.15, 0.2) is 5.96 Å². The van der Waals surface area contributed by atoms with E-state index in [-0.39, 0.29) is 6.10 Å². The highest BCUT2D eigenvalue weighted by atomic mass is 16.3. The van der Waals surface area contributed by atoms with Crippen LogP contribution in [0.2, 0.25) is 0 Å². The molecule has 2 aliphatic rings. The lowest BCUT2D eigenvalue weighted by Crippen LogP contribution is -2.35. The Kier molecular flexibility index (Phi) is 6.47. The number of rotatable bonds is 5. The van der Waals surface area contributed by atoms with E-state index in [1.54, 1.807) is 0 Å². The molecule has 154 valence electrons. The molecule has 2 aromatic carbocycles. The molecule has 0 atom stereocenters. The number of aryl methyl sites for hydroxylation is 1. The molecule has 1 saturated heterocycles. The van der Waals surface area contributed by atoms with Gasteiger partial charge in [-0.15, -0.1) is 0 Å². The Morgan fingerprint density at radius 1 is 1.03 bits per heavy atom. The topological polar surface area (TPSA) is 73.9 Å². The fourth-order valence-corrected chi connectivity index (χ4v) is 4.43. The highest BCUT2D eigenvalue weighted by Gasteiger charge is 2.18. The molecule has 2 aromatic rings. The number of aliphatic hydroxyl groups is 1. The van der Waals surface area contributed by atoms with E-state index >= 15 is 0 Å². The first kappa shape index (κ1) is 19.9. The SMILES string of the molecule is NC(=NCc1ccccc1CN1CCC(O)CC1)Nc1cccc2c1CCCC2. The van der Waals surface area contributed by atoms with Crippen LogP contribution in [0.4, 0.5) is 5.69 Å². The van der Waals surface area contributed by atoms with Crippen molar-refractivity contribution in [2.24, 2.45) is 10.7 Å². The van der Waals surface area contributed by atoms with E-state index in [9.17, 15) is 5.11 Å². The molecule has 1 fully saturated rings. The number of aliphatic imine (C=N–C) groups is 1. The van der Waals surface area contributed by atoms with Crippen molar-refractivity contribution in [2.75, 3.05) is 18.4 Å². The third-order valence-electron chi connectivity index (χ3n) is 6.15. The zero-order valence-electron chi connectivity index (χ0n) is 17.1. The summed E-state index contributed by atoms with van der Waals surface area (Å²) in [4.78, 5) is 7.04. The average Bonchev–Trinajstić information content (AvgIpc) is 2.75. The maximum absolute atomic E-state index is 9.72. The Balaban J connectivity index is 1.41. The lowest BCUT2D eigenvalue weighted by molar-refractivity contribution is 0.0791. The summed E-state index contributed by atoms with van der Waals surface area (Å²) in [6, 6.07) is 14.9. The van der Waals surface area contributed by atoms with Crippen LogP contribution in [0.15, 0.2) is 47.5 Å². The predicted octanol–water partition coefficient (Wildman–Crippen LogP) is 3.45. The highest BCUT2D eigenvalue weighted by Crippen LogP contribution is 2.27. The van der Waals surface area contributed by atoms with Gasteiger partial charge in [0.25, 0.3) is 0 Å². The number of nitrogens with zero attached hydrogens (tertiary/aromatic N) is 2. The fraction of sp³-hybridized carbons (Fsp3) is 0.458. The number of nitrogens with one attached hydrogen (secondary N) is 1. The summed E-state index contributed by atoms with van der Waals surface area (Å²) in [5.74, 6) is 0.472. The number of guanidine groups is 1. The number of hydrogen-bond acceptors (Lipinski definition) is 3. The molecular weight excluding hydrogens is 360 g/mol. The molecule has 0 radical (unpaired) electrons. The summed E-state index contributed by atoms with van der Waals surface area (Å²) in [6.45, 7) is 3.36. The Hall–Kier alpha value is -2.37. The second-order valence-electron chi connectivity index (χ2n) is 8.25. The van der Waals surface area contributed by atoms with Gasteiger partial charge in [0.1, 0.15) is 0 Å². The normalized spacial score (nSPS) is 18.4. The van der Waals surface area contributed by atoms with Crippen molar-refractivity contribution in [3.63, 3.8) is 0 Å². The van der Waals surface area contributed by atoms with E-state index in [1.807, 2.05) is 0 Å². The minimum atomic E-state index is -0.138. The molecule has 0 bridgehead atoms. The molecular formula is C24H32N4O. The first-order valence-corrected chi connectivity index (χ1v) is 10.8. The molecule has 0 saturated carbocycles.